The predicted molar refractivity (Wildman–Crippen MR) is 83.7 cm³/mol. The number of aliphatic carboxylic acids is 1. The molecular formula is C13H20ClN3O3S. The van der Waals surface area contributed by atoms with Crippen LogP contribution in [0.2, 0.25) is 5.02 Å². The Balaban J connectivity index is 2.54. The van der Waals surface area contributed by atoms with Crippen LogP contribution in [-0.2, 0) is 28.3 Å². The van der Waals surface area contributed by atoms with Gasteiger partial charge in [0.1, 0.15) is 6.04 Å². The smallest absolute Gasteiger partial charge is 0.326 e. The van der Waals surface area contributed by atoms with Gasteiger partial charge in [-0.25, -0.2) is 4.79 Å². The van der Waals surface area contributed by atoms with E-state index in [0.717, 1.165) is 24.4 Å². The topological polar surface area (TPSA) is 84.2 Å². The van der Waals surface area contributed by atoms with Crippen molar-refractivity contribution in [2.24, 2.45) is 0 Å². The quantitative estimate of drug-likeness (QED) is 0.505. The second kappa shape index (κ2) is 8.94. The third-order valence-corrected chi connectivity index (χ3v) is 4.49. The van der Waals surface area contributed by atoms with Crippen LogP contribution < -0.4 is 5.32 Å². The van der Waals surface area contributed by atoms with Crippen molar-refractivity contribution in [1.82, 2.24) is 15.1 Å². The van der Waals surface area contributed by atoms with Gasteiger partial charge in [-0.15, -0.1) is 0 Å². The lowest BCUT2D eigenvalue weighted by Gasteiger charge is -2.10. The van der Waals surface area contributed by atoms with E-state index in [9.17, 15) is 9.59 Å². The third-order valence-electron chi connectivity index (χ3n) is 3.05. The van der Waals surface area contributed by atoms with Gasteiger partial charge in [-0.3, -0.25) is 9.48 Å². The molecule has 1 aromatic heterocycles. The van der Waals surface area contributed by atoms with Crippen LogP contribution in [0.5, 0.6) is 0 Å². The number of carboxylic acid groups (broad SMARTS) is 1. The van der Waals surface area contributed by atoms with Crippen molar-refractivity contribution in [2.45, 2.75) is 45.0 Å². The molecule has 0 radical (unpaired) electrons. The molecule has 0 saturated carbocycles. The van der Waals surface area contributed by atoms with Gasteiger partial charge in [-0.05, 0) is 25.5 Å². The number of nitrogens with one attached hydrogen (secondary N) is 1. The van der Waals surface area contributed by atoms with Gasteiger partial charge >= 0.3 is 5.97 Å². The van der Waals surface area contributed by atoms with Crippen LogP contribution in [0.3, 0.4) is 0 Å². The summed E-state index contributed by atoms with van der Waals surface area (Å²) in [4.78, 5) is 21.2. The molecule has 1 aromatic rings. The number of rotatable bonds is 10. The summed E-state index contributed by atoms with van der Waals surface area (Å²) in [5, 5.41) is 16.3. The summed E-state index contributed by atoms with van der Waals surface area (Å²) in [6.07, 6.45) is 1.57. The Labute approximate surface area is 133 Å². The Morgan fingerprint density at radius 2 is 2.29 bits per heavy atom. The number of carbonyl (C=O) groups excluding carboxylic acids is 1. The van der Waals surface area contributed by atoms with Crippen molar-refractivity contribution < 1.29 is 14.7 Å². The van der Waals surface area contributed by atoms with Gasteiger partial charge in [-0.1, -0.05) is 18.5 Å². The van der Waals surface area contributed by atoms with Crippen molar-refractivity contribution in [3.63, 3.8) is 0 Å². The van der Waals surface area contributed by atoms with Crippen molar-refractivity contribution in [2.75, 3.05) is 5.75 Å². The first-order chi connectivity index (χ1) is 10.0. The monoisotopic (exact) mass is 333 g/mol. The summed E-state index contributed by atoms with van der Waals surface area (Å²) in [7, 11) is 0. The zero-order chi connectivity index (χ0) is 15.8. The maximum Gasteiger partial charge on any atom is 0.326 e. The zero-order valence-electron chi connectivity index (χ0n) is 12.1. The molecule has 0 aliphatic rings. The molecule has 0 spiro atoms. The van der Waals surface area contributed by atoms with Crippen LogP contribution in [0, 0.1) is 0 Å². The normalized spacial score (nSPS) is 12.1. The first kappa shape index (κ1) is 17.8. The first-order valence-electron chi connectivity index (χ1n) is 6.79. The summed E-state index contributed by atoms with van der Waals surface area (Å²) in [6, 6.07) is -0.840. The Kier molecular flexibility index (Phi) is 7.60. The van der Waals surface area contributed by atoms with Crippen molar-refractivity contribution in [3.05, 3.63) is 16.4 Å². The molecule has 1 amide bonds. The number of halogens is 1. The number of thioether (sulfide) groups is 1. The molecule has 6 nitrogen and oxygen atoms in total. The highest BCUT2D eigenvalue weighted by Gasteiger charge is 2.17. The Morgan fingerprint density at radius 3 is 2.81 bits per heavy atom. The van der Waals surface area contributed by atoms with Crippen LogP contribution >= 0.6 is 23.4 Å². The number of hydrogen-bond acceptors (Lipinski definition) is 4. The number of amides is 1. The molecule has 8 heteroatoms. The van der Waals surface area contributed by atoms with E-state index in [2.05, 4.69) is 10.4 Å². The van der Waals surface area contributed by atoms with Crippen molar-refractivity contribution >= 4 is 35.7 Å². The number of carboxylic acids is 1. The molecule has 1 unspecified atom stereocenters. The van der Waals surface area contributed by atoms with E-state index in [1.54, 1.807) is 11.8 Å². The number of aryl methyl sites for hydroxylation is 2. The molecular weight excluding hydrogens is 314 g/mol. The number of hydrogen-bond donors (Lipinski definition) is 2. The summed E-state index contributed by atoms with van der Waals surface area (Å²) in [6.45, 7) is 4.76. The summed E-state index contributed by atoms with van der Waals surface area (Å²) in [5.74, 6) is 0.269. The minimum Gasteiger partial charge on any atom is -0.480 e. The van der Waals surface area contributed by atoms with Gasteiger partial charge in [0.25, 0.3) is 0 Å². The lowest BCUT2D eigenvalue weighted by atomic mass is 10.2. The summed E-state index contributed by atoms with van der Waals surface area (Å²) >= 11 is 7.88. The highest BCUT2D eigenvalue weighted by Crippen LogP contribution is 2.25. The van der Waals surface area contributed by atoms with Crippen LogP contribution in [0.4, 0.5) is 0 Å². The minimum atomic E-state index is -1.02. The lowest BCUT2D eigenvalue weighted by molar-refractivity contribution is -0.140. The first-order valence-corrected chi connectivity index (χ1v) is 8.32. The average Bonchev–Trinajstić information content (AvgIpc) is 2.78. The highest BCUT2D eigenvalue weighted by atomic mass is 35.5. The molecule has 0 fully saturated rings. The second-order valence-corrected chi connectivity index (χ2v) is 5.88. The minimum absolute atomic E-state index is 0.372. The maximum atomic E-state index is 10.9. The summed E-state index contributed by atoms with van der Waals surface area (Å²) in [5.41, 5.74) is 1.86. The molecule has 21 heavy (non-hydrogen) atoms. The second-order valence-electron chi connectivity index (χ2n) is 4.39. The largest absolute Gasteiger partial charge is 0.480 e. The van der Waals surface area contributed by atoms with Gasteiger partial charge in [0, 0.05) is 12.3 Å². The molecule has 0 bridgehead atoms. The fourth-order valence-electron chi connectivity index (χ4n) is 1.89. The van der Waals surface area contributed by atoms with Gasteiger partial charge < -0.3 is 10.4 Å². The molecule has 1 rings (SSSR count). The summed E-state index contributed by atoms with van der Waals surface area (Å²) < 4.78 is 1.88. The number of aromatic nitrogens is 2. The van der Waals surface area contributed by atoms with E-state index in [0.29, 0.717) is 29.4 Å². The Hall–Kier alpha value is -1.21. The van der Waals surface area contributed by atoms with Crippen LogP contribution in [0.15, 0.2) is 0 Å². The van der Waals surface area contributed by atoms with Crippen LogP contribution in [-0.4, -0.2) is 39.1 Å². The van der Waals surface area contributed by atoms with Gasteiger partial charge in [0.15, 0.2) is 0 Å². The molecule has 2 N–H and O–H groups in total. The molecule has 0 aliphatic heterocycles. The molecule has 0 aromatic carbocycles. The van der Waals surface area contributed by atoms with E-state index < -0.39 is 12.0 Å². The van der Waals surface area contributed by atoms with Crippen molar-refractivity contribution in [1.29, 1.82) is 0 Å². The molecule has 118 valence electrons. The third kappa shape index (κ3) is 4.93. The predicted octanol–water partition coefficient (Wildman–Crippen LogP) is 1.94. The Bertz CT molecular complexity index is 493. The van der Waals surface area contributed by atoms with Gasteiger partial charge in [0.05, 0.1) is 16.4 Å². The van der Waals surface area contributed by atoms with Crippen LogP contribution in [0.1, 0.15) is 31.7 Å². The fourth-order valence-corrected chi connectivity index (χ4v) is 3.33. The van der Waals surface area contributed by atoms with Gasteiger partial charge in [-0.2, -0.15) is 16.9 Å². The van der Waals surface area contributed by atoms with E-state index >= 15 is 0 Å². The molecule has 1 atom stereocenters. The highest BCUT2D eigenvalue weighted by molar-refractivity contribution is 7.98. The molecule has 0 saturated heterocycles. The number of nitrogens with zero attached hydrogens (tertiary/aromatic N) is 2. The van der Waals surface area contributed by atoms with Crippen LogP contribution in [0.25, 0.3) is 0 Å². The Morgan fingerprint density at radius 1 is 1.57 bits per heavy atom. The fraction of sp³-hybridized carbons (Fsp3) is 0.615. The molecule has 0 aliphatic carbocycles. The SMILES string of the molecule is CCc1nn(CC)c(CSCCC(NC=O)C(=O)O)c1Cl. The van der Waals surface area contributed by atoms with E-state index in [-0.39, 0.29) is 0 Å². The van der Waals surface area contributed by atoms with E-state index in [4.69, 9.17) is 16.7 Å². The lowest BCUT2D eigenvalue weighted by Crippen LogP contribution is -2.36. The maximum absolute atomic E-state index is 10.9. The zero-order valence-corrected chi connectivity index (χ0v) is 13.7. The van der Waals surface area contributed by atoms with Gasteiger partial charge in [0.2, 0.25) is 6.41 Å². The standard InChI is InChI=1S/C13H20ClN3O3S/c1-3-9-12(14)11(17(4-2)16-9)7-21-6-5-10(13(19)20)15-8-18/h8,10H,3-7H2,1-2H3,(H,15,18)(H,19,20). The number of carbonyl (C=O) groups is 2. The van der Waals surface area contributed by atoms with E-state index in [1.807, 2.05) is 18.5 Å². The van der Waals surface area contributed by atoms with E-state index in [1.165, 1.54) is 0 Å². The average molecular weight is 334 g/mol. The van der Waals surface area contributed by atoms with Crippen molar-refractivity contribution in [3.8, 4) is 0 Å². The molecule has 1 heterocycles.